The molecule has 0 saturated carbocycles. The number of para-hydroxylation sites is 1. The zero-order chi connectivity index (χ0) is 22.3. The van der Waals surface area contributed by atoms with Crippen LogP contribution in [0.1, 0.15) is 30.2 Å². The lowest BCUT2D eigenvalue weighted by Gasteiger charge is -2.26. The highest BCUT2D eigenvalue weighted by molar-refractivity contribution is 6.11. The summed E-state index contributed by atoms with van der Waals surface area (Å²) in [5.74, 6) is 1.81. The largest absolute Gasteiger partial charge is 0.496 e. The number of rotatable bonds is 4. The maximum absolute atomic E-state index is 14.1. The Morgan fingerprint density at radius 2 is 1.97 bits per heavy atom. The van der Waals surface area contributed by atoms with E-state index >= 15 is 0 Å². The van der Waals surface area contributed by atoms with Gasteiger partial charge in [-0.25, -0.2) is 0 Å². The number of anilines is 1. The Morgan fingerprint density at radius 3 is 2.72 bits per heavy atom. The number of allylic oxidation sites excluding steroid dienone is 2. The van der Waals surface area contributed by atoms with Crippen molar-refractivity contribution >= 4 is 11.6 Å². The molecule has 1 saturated heterocycles. The van der Waals surface area contributed by atoms with E-state index in [0.29, 0.717) is 37.7 Å². The first-order valence-electron chi connectivity index (χ1n) is 10.9. The van der Waals surface area contributed by atoms with Crippen molar-refractivity contribution in [3.05, 3.63) is 94.9 Å². The van der Waals surface area contributed by atoms with Gasteiger partial charge in [-0.2, -0.15) is 0 Å². The van der Waals surface area contributed by atoms with Crippen LogP contribution in [0.4, 0.5) is 5.69 Å². The summed E-state index contributed by atoms with van der Waals surface area (Å²) in [5, 5.41) is 0. The summed E-state index contributed by atoms with van der Waals surface area (Å²) in [6.45, 7) is 9.57. The Bertz CT molecular complexity index is 1150. The predicted octanol–water partition coefficient (Wildman–Crippen LogP) is 4.31. The number of carbonyl (C=O) groups excluding carboxylic acids is 1. The zero-order valence-electron chi connectivity index (χ0n) is 18.4. The molecule has 4 heterocycles. The standard InChI is InChI=1S/C26H26N2O4/c1-4-23-21(13-24-18(3)30-11-12-31-24)26(16-32-23)20-7-5-6-8-22(20)28(25(26)29)15-19-10-9-17(2)27-14-19/h5-10,13-14H,3-4,11-12,15-16H2,1-2H3. The van der Waals surface area contributed by atoms with Crippen LogP contribution in [0, 0.1) is 6.92 Å². The predicted molar refractivity (Wildman–Crippen MR) is 121 cm³/mol. The lowest BCUT2D eigenvalue weighted by molar-refractivity contribution is -0.122. The minimum atomic E-state index is -0.922. The smallest absolute Gasteiger partial charge is 0.246 e. The van der Waals surface area contributed by atoms with Crippen LogP contribution in [0.5, 0.6) is 0 Å². The number of nitrogens with zero attached hydrogens (tertiary/aromatic N) is 2. The highest BCUT2D eigenvalue weighted by Gasteiger charge is 2.57. The van der Waals surface area contributed by atoms with Crippen molar-refractivity contribution < 1.29 is 19.0 Å². The normalized spacial score (nSPS) is 23.4. The average Bonchev–Trinajstić information content (AvgIpc) is 3.29. The quantitative estimate of drug-likeness (QED) is 0.723. The van der Waals surface area contributed by atoms with Crippen LogP contribution in [0.15, 0.2) is 78.1 Å². The van der Waals surface area contributed by atoms with E-state index in [0.717, 1.165) is 33.8 Å². The lowest BCUT2D eigenvalue weighted by Crippen LogP contribution is -2.42. The highest BCUT2D eigenvalue weighted by atomic mass is 16.6. The van der Waals surface area contributed by atoms with Crippen molar-refractivity contribution in [3.8, 4) is 0 Å². The van der Waals surface area contributed by atoms with Crippen molar-refractivity contribution in [3.63, 3.8) is 0 Å². The second kappa shape index (κ2) is 7.86. The minimum absolute atomic E-state index is 0.00286. The number of fused-ring (bicyclic) bond motifs is 2. The van der Waals surface area contributed by atoms with E-state index in [1.807, 2.05) is 67.4 Å². The first-order chi connectivity index (χ1) is 15.5. The van der Waals surface area contributed by atoms with Crippen molar-refractivity contribution in [2.75, 3.05) is 24.7 Å². The zero-order valence-corrected chi connectivity index (χ0v) is 18.4. The third-order valence-electron chi connectivity index (χ3n) is 6.29. The van der Waals surface area contributed by atoms with E-state index in [2.05, 4.69) is 11.6 Å². The third-order valence-corrected chi connectivity index (χ3v) is 6.29. The topological polar surface area (TPSA) is 60.9 Å². The molecular weight excluding hydrogens is 404 g/mol. The third kappa shape index (κ3) is 3.09. The van der Waals surface area contributed by atoms with Crippen molar-refractivity contribution in [2.24, 2.45) is 0 Å². The van der Waals surface area contributed by atoms with Gasteiger partial charge >= 0.3 is 0 Å². The van der Waals surface area contributed by atoms with E-state index in [9.17, 15) is 4.79 Å². The molecule has 1 amide bonds. The molecule has 2 aromatic rings. The number of ether oxygens (including phenoxy) is 3. The number of pyridine rings is 1. The van der Waals surface area contributed by atoms with Crippen LogP contribution < -0.4 is 4.90 Å². The molecule has 1 spiro atoms. The van der Waals surface area contributed by atoms with Gasteiger partial charge in [-0.05, 0) is 36.3 Å². The van der Waals surface area contributed by atoms with Gasteiger partial charge in [-0.3, -0.25) is 9.78 Å². The maximum Gasteiger partial charge on any atom is 0.246 e. The van der Waals surface area contributed by atoms with Crippen LogP contribution in [0.3, 0.4) is 0 Å². The molecule has 32 heavy (non-hydrogen) atoms. The molecule has 1 fully saturated rings. The Kier molecular flexibility index (Phi) is 5.00. The molecule has 3 aliphatic heterocycles. The van der Waals surface area contributed by atoms with Gasteiger partial charge in [-0.15, -0.1) is 0 Å². The highest BCUT2D eigenvalue weighted by Crippen LogP contribution is 2.52. The summed E-state index contributed by atoms with van der Waals surface area (Å²) in [6, 6.07) is 11.9. The summed E-state index contributed by atoms with van der Waals surface area (Å²) in [7, 11) is 0. The molecule has 6 nitrogen and oxygen atoms in total. The number of hydrogen-bond acceptors (Lipinski definition) is 5. The summed E-state index contributed by atoms with van der Waals surface area (Å²) in [5.41, 5.74) is 3.67. The van der Waals surface area contributed by atoms with Gasteiger partial charge in [0, 0.05) is 29.6 Å². The number of aryl methyl sites for hydroxylation is 1. The first-order valence-corrected chi connectivity index (χ1v) is 10.9. The molecule has 0 bridgehead atoms. The van der Waals surface area contributed by atoms with Gasteiger partial charge in [0.25, 0.3) is 0 Å². The summed E-state index contributed by atoms with van der Waals surface area (Å²) in [6.07, 6.45) is 4.39. The molecular formula is C26H26N2O4. The average molecular weight is 431 g/mol. The van der Waals surface area contributed by atoms with E-state index in [4.69, 9.17) is 14.2 Å². The van der Waals surface area contributed by atoms with Crippen molar-refractivity contribution in [1.29, 1.82) is 0 Å². The van der Waals surface area contributed by atoms with Crippen molar-refractivity contribution in [2.45, 2.75) is 32.2 Å². The number of hydrogen-bond donors (Lipinski definition) is 0. The fourth-order valence-electron chi connectivity index (χ4n) is 4.66. The Balaban J connectivity index is 1.62. The Hall–Kier alpha value is -3.54. The molecule has 0 N–H and O–H groups in total. The number of aromatic nitrogens is 1. The fourth-order valence-corrected chi connectivity index (χ4v) is 4.66. The second-order valence-electron chi connectivity index (χ2n) is 8.23. The van der Waals surface area contributed by atoms with E-state index in [1.54, 1.807) is 0 Å². The van der Waals surface area contributed by atoms with Crippen LogP contribution in [0.25, 0.3) is 0 Å². The molecule has 1 aromatic carbocycles. The number of amides is 1. The molecule has 1 aromatic heterocycles. The van der Waals surface area contributed by atoms with E-state index in [1.165, 1.54) is 0 Å². The van der Waals surface area contributed by atoms with Crippen LogP contribution in [0.2, 0.25) is 0 Å². The van der Waals surface area contributed by atoms with Crippen LogP contribution in [-0.4, -0.2) is 30.7 Å². The Labute approximate surface area is 187 Å². The fraction of sp³-hybridized carbons (Fsp3) is 0.308. The summed E-state index contributed by atoms with van der Waals surface area (Å²) < 4.78 is 17.5. The number of benzene rings is 1. The van der Waals surface area contributed by atoms with Gasteiger partial charge < -0.3 is 19.1 Å². The lowest BCUT2D eigenvalue weighted by atomic mass is 9.75. The number of carbonyl (C=O) groups is 1. The van der Waals surface area contributed by atoms with Gasteiger partial charge in [-0.1, -0.05) is 37.8 Å². The van der Waals surface area contributed by atoms with Gasteiger partial charge in [0.15, 0.2) is 11.5 Å². The Morgan fingerprint density at radius 1 is 1.16 bits per heavy atom. The molecule has 1 atom stereocenters. The molecule has 0 aliphatic carbocycles. The van der Waals surface area contributed by atoms with E-state index < -0.39 is 5.41 Å². The van der Waals surface area contributed by atoms with E-state index in [-0.39, 0.29) is 12.5 Å². The summed E-state index contributed by atoms with van der Waals surface area (Å²) in [4.78, 5) is 20.4. The molecule has 1 unspecified atom stereocenters. The molecule has 6 heteroatoms. The van der Waals surface area contributed by atoms with Gasteiger partial charge in [0.1, 0.15) is 31.0 Å². The van der Waals surface area contributed by atoms with Gasteiger partial charge in [0.05, 0.1) is 6.54 Å². The first kappa shape index (κ1) is 20.4. The van der Waals surface area contributed by atoms with Gasteiger partial charge in [0.2, 0.25) is 5.91 Å². The molecule has 164 valence electrons. The molecule has 5 rings (SSSR count). The van der Waals surface area contributed by atoms with Crippen molar-refractivity contribution in [1.82, 2.24) is 4.98 Å². The SMILES string of the molecule is C=C1OCCOC1=CC1=C(CC)OCC12C(=O)N(Cc1ccc(C)nc1)c1ccccc12. The maximum atomic E-state index is 14.1. The minimum Gasteiger partial charge on any atom is -0.496 e. The van der Waals surface area contributed by atoms with Crippen LogP contribution in [-0.2, 0) is 31.0 Å². The monoisotopic (exact) mass is 430 g/mol. The second-order valence-corrected chi connectivity index (χ2v) is 8.23. The van der Waals surface area contributed by atoms with Crippen LogP contribution >= 0.6 is 0 Å². The summed E-state index contributed by atoms with van der Waals surface area (Å²) >= 11 is 0. The molecule has 3 aliphatic rings. The molecule has 0 radical (unpaired) electrons.